The minimum atomic E-state index is -0.672. The molecule has 0 fully saturated rings. The molecule has 40 heavy (non-hydrogen) atoms. The third-order valence-corrected chi connectivity index (χ3v) is 6.54. The fraction of sp³-hybridized carbons (Fsp3) is 0.103. The van der Waals surface area contributed by atoms with Crippen LogP contribution < -0.4 is 5.56 Å². The normalized spacial score (nSPS) is 11.7. The van der Waals surface area contributed by atoms with Gasteiger partial charge in [0.05, 0.1) is 23.2 Å². The summed E-state index contributed by atoms with van der Waals surface area (Å²) in [6.07, 6.45) is 1.91. The molecule has 0 amide bonds. The smallest absolute Gasteiger partial charge is 0.337 e. The number of nitro groups is 1. The molecule has 0 radical (unpaired) electrons. The van der Waals surface area contributed by atoms with Crippen LogP contribution >= 0.6 is 11.6 Å². The van der Waals surface area contributed by atoms with E-state index < -0.39 is 22.5 Å². The van der Waals surface area contributed by atoms with Gasteiger partial charge in [0.1, 0.15) is 6.04 Å². The maximum Gasteiger partial charge on any atom is 0.337 e. The average molecular weight is 557 g/mol. The molecule has 200 valence electrons. The number of ether oxygens (including phenoxy) is 1. The number of hydrogen-bond acceptors (Lipinski definition) is 8. The molecule has 0 bridgehead atoms. The van der Waals surface area contributed by atoms with Gasteiger partial charge in [-0.2, -0.15) is 0 Å². The summed E-state index contributed by atoms with van der Waals surface area (Å²) in [4.78, 5) is 36.2. The van der Waals surface area contributed by atoms with E-state index in [1.165, 1.54) is 35.9 Å². The van der Waals surface area contributed by atoms with E-state index in [0.29, 0.717) is 28.1 Å². The van der Waals surface area contributed by atoms with Gasteiger partial charge in [0.2, 0.25) is 11.8 Å². The molecule has 0 N–H and O–H groups in total. The van der Waals surface area contributed by atoms with Crippen LogP contribution in [0.25, 0.3) is 22.6 Å². The summed E-state index contributed by atoms with van der Waals surface area (Å²) in [6, 6.07) is 22.4. The molecule has 5 rings (SSSR count). The van der Waals surface area contributed by atoms with E-state index in [-0.39, 0.29) is 23.0 Å². The quantitative estimate of drug-likeness (QED) is 0.134. The fourth-order valence-corrected chi connectivity index (χ4v) is 4.48. The zero-order valence-electron chi connectivity index (χ0n) is 21.1. The van der Waals surface area contributed by atoms with Crippen LogP contribution in [0.4, 0.5) is 5.69 Å². The van der Waals surface area contributed by atoms with Crippen molar-refractivity contribution in [2.45, 2.75) is 12.5 Å². The summed E-state index contributed by atoms with van der Waals surface area (Å²) in [7, 11) is 1.30. The van der Waals surface area contributed by atoms with Crippen molar-refractivity contribution in [3.63, 3.8) is 0 Å². The van der Waals surface area contributed by atoms with Gasteiger partial charge in [-0.25, -0.2) is 4.79 Å². The van der Waals surface area contributed by atoms with Gasteiger partial charge in [-0.15, -0.1) is 10.2 Å². The van der Waals surface area contributed by atoms with Gasteiger partial charge in [0.15, 0.2) is 0 Å². The molecule has 2 heterocycles. The summed E-state index contributed by atoms with van der Waals surface area (Å²) in [5, 5.41) is 20.3. The Kier molecular flexibility index (Phi) is 7.52. The molecule has 3 aromatic carbocycles. The highest BCUT2D eigenvalue weighted by Crippen LogP contribution is 2.32. The highest BCUT2D eigenvalue weighted by Gasteiger charge is 2.24. The van der Waals surface area contributed by atoms with Crippen LogP contribution in [-0.2, 0) is 11.2 Å². The predicted molar refractivity (Wildman–Crippen MR) is 147 cm³/mol. The minimum absolute atomic E-state index is 0.165. The lowest BCUT2D eigenvalue weighted by atomic mass is 10.0. The standard InChI is InChI=1S/C29H21ClN4O6/c1-39-29(36)20-9-7-19(8-10-20)27-31-32-28(40-27)25(15-18-5-3-2-4-6-18)33-14-13-21(16-26(33)35)23-17-22(30)11-12-24(23)34(37)38/h2-14,16-17,25H,15H2,1H3. The number of aromatic nitrogens is 3. The fourth-order valence-electron chi connectivity index (χ4n) is 4.31. The second-order valence-electron chi connectivity index (χ2n) is 8.80. The third-order valence-electron chi connectivity index (χ3n) is 6.30. The Morgan fingerprint density at radius 3 is 2.45 bits per heavy atom. The SMILES string of the molecule is COC(=O)c1ccc(-c2nnc(C(Cc3ccccc3)n3ccc(-c4cc(Cl)ccc4[N+](=O)[O-])cc3=O)o2)cc1. The zero-order chi connectivity index (χ0) is 28.2. The number of nitro benzene ring substituents is 1. The van der Waals surface area contributed by atoms with Crippen molar-refractivity contribution in [2.75, 3.05) is 7.11 Å². The number of hydrogen-bond donors (Lipinski definition) is 0. The number of nitrogens with zero attached hydrogens (tertiary/aromatic N) is 4. The first-order chi connectivity index (χ1) is 19.3. The van der Waals surface area contributed by atoms with Crippen LogP contribution in [0.3, 0.4) is 0 Å². The molecule has 1 unspecified atom stereocenters. The predicted octanol–water partition coefficient (Wildman–Crippen LogP) is 5.75. The largest absolute Gasteiger partial charge is 0.465 e. The van der Waals surface area contributed by atoms with Crippen molar-refractivity contribution in [1.29, 1.82) is 0 Å². The molecule has 1 atom stereocenters. The van der Waals surface area contributed by atoms with Crippen LogP contribution in [0.1, 0.15) is 27.9 Å². The Morgan fingerprint density at radius 1 is 1.02 bits per heavy atom. The summed E-state index contributed by atoms with van der Waals surface area (Å²) in [5.41, 5.74) is 1.89. The van der Waals surface area contributed by atoms with Crippen LogP contribution in [0.2, 0.25) is 5.02 Å². The Balaban J connectivity index is 1.54. The third kappa shape index (κ3) is 5.52. The van der Waals surface area contributed by atoms with Gasteiger partial charge in [-0.05, 0) is 53.6 Å². The molecular weight excluding hydrogens is 536 g/mol. The van der Waals surface area contributed by atoms with Crippen molar-refractivity contribution in [3.8, 4) is 22.6 Å². The maximum absolute atomic E-state index is 13.4. The minimum Gasteiger partial charge on any atom is -0.465 e. The Morgan fingerprint density at radius 2 is 1.77 bits per heavy atom. The summed E-state index contributed by atoms with van der Waals surface area (Å²) < 4.78 is 12.2. The highest BCUT2D eigenvalue weighted by atomic mass is 35.5. The van der Waals surface area contributed by atoms with Crippen LogP contribution in [0.15, 0.2) is 100 Å². The van der Waals surface area contributed by atoms with Gasteiger partial charge in [0.25, 0.3) is 11.2 Å². The second kappa shape index (κ2) is 11.3. The van der Waals surface area contributed by atoms with Gasteiger partial charge in [-0.3, -0.25) is 14.9 Å². The van der Waals surface area contributed by atoms with Crippen molar-refractivity contribution in [3.05, 3.63) is 134 Å². The topological polar surface area (TPSA) is 130 Å². The first kappa shape index (κ1) is 26.5. The molecule has 2 aromatic heterocycles. The van der Waals surface area contributed by atoms with Gasteiger partial charge in [0, 0.05) is 35.3 Å². The number of rotatable bonds is 8. The second-order valence-corrected chi connectivity index (χ2v) is 9.24. The molecular formula is C29H21ClN4O6. The first-order valence-corrected chi connectivity index (χ1v) is 12.4. The van der Waals surface area contributed by atoms with E-state index in [9.17, 15) is 19.7 Å². The lowest BCUT2D eigenvalue weighted by molar-refractivity contribution is -0.384. The number of carbonyl (C=O) groups is 1. The number of carbonyl (C=O) groups excluding carboxylic acids is 1. The number of pyridine rings is 1. The zero-order valence-corrected chi connectivity index (χ0v) is 21.8. The highest BCUT2D eigenvalue weighted by molar-refractivity contribution is 6.31. The molecule has 0 spiro atoms. The Hall–Kier alpha value is -5.09. The number of esters is 1. The van der Waals surface area contributed by atoms with Gasteiger partial charge >= 0.3 is 5.97 Å². The van der Waals surface area contributed by atoms with Crippen LogP contribution in [0.5, 0.6) is 0 Å². The molecule has 0 aliphatic carbocycles. The average Bonchev–Trinajstić information content (AvgIpc) is 3.46. The van der Waals surface area contributed by atoms with Crippen LogP contribution in [-0.4, -0.2) is 32.8 Å². The van der Waals surface area contributed by atoms with Crippen molar-refractivity contribution >= 4 is 23.3 Å². The molecule has 0 saturated heterocycles. The molecule has 11 heteroatoms. The van der Waals surface area contributed by atoms with Gasteiger partial charge in [-0.1, -0.05) is 41.9 Å². The summed E-state index contributed by atoms with van der Waals surface area (Å²) >= 11 is 6.09. The van der Waals surface area contributed by atoms with E-state index in [4.69, 9.17) is 20.8 Å². The summed E-state index contributed by atoms with van der Waals surface area (Å²) in [6.45, 7) is 0. The van der Waals surface area contributed by atoms with E-state index in [1.54, 1.807) is 36.5 Å². The Bertz CT molecular complexity index is 1750. The molecule has 0 aliphatic rings. The molecule has 0 aliphatic heterocycles. The summed E-state index contributed by atoms with van der Waals surface area (Å²) in [5.74, 6) is -0.0604. The number of methoxy groups -OCH3 is 1. The lowest BCUT2D eigenvalue weighted by Gasteiger charge is -2.17. The lowest BCUT2D eigenvalue weighted by Crippen LogP contribution is -2.26. The number of benzene rings is 3. The maximum atomic E-state index is 13.4. The van der Waals surface area contributed by atoms with E-state index in [1.807, 2.05) is 30.3 Å². The van der Waals surface area contributed by atoms with Crippen molar-refractivity contribution < 1.29 is 18.9 Å². The van der Waals surface area contributed by atoms with E-state index in [2.05, 4.69) is 10.2 Å². The van der Waals surface area contributed by atoms with E-state index in [0.717, 1.165) is 5.56 Å². The van der Waals surface area contributed by atoms with Gasteiger partial charge < -0.3 is 13.7 Å². The molecule has 0 saturated carbocycles. The molecule has 5 aromatic rings. The van der Waals surface area contributed by atoms with Crippen LogP contribution in [0, 0.1) is 10.1 Å². The first-order valence-electron chi connectivity index (χ1n) is 12.1. The monoisotopic (exact) mass is 556 g/mol. The molecule has 10 nitrogen and oxygen atoms in total. The van der Waals surface area contributed by atoms with E-state index >= 15 is 0 Å². The Labute approximate surface area is 232 Å². The van der Waals surface area contributed by atoms with Crippen molar-refractivity contribution in [1.82, 2.24) is 14.8 Å². The number of halogens is 1. The van der Waals surface area contributed by atoms with Crippen molar-refractivity contribution in [2.24, 2.45) is 0 Å².